The molecule has 2 aromatic rings. The molecule has 1 saturated heterocycles. The predicted molar refractivity (Wildman–Crippen MR) is 109 cm³/mol. The number of sulfonamides is 1. The van der Waals surface area contributed by atoms with Crippen LogP contribution < -0.4 is 5.32 Å². The number of hydrogen-bond donors (Lipinski definition) is 1. The van der Waals surface area contributed by atoms with Gasteiger partial charge in [-0.2, -0.15) is 4.31 Å². The maximum absolute atomic E-state index is 13.0. The van der Waals surface area contributed by atoms with Crippen LogP contribution in [-0.4, -0.2) is 43.8 Å². The Morgan fingerprint density at radius 1 is 1.21 bits per heavy atom. The second-order valence-electron chi connectivity index (χ2n) is 6.52. The summed E-state index contributed by atoms with van der Waals surface area (Å²) < 4.78 is 32.1. The van der Waals surface area contributed by atoms with Crippen molar-refractivity contribution < 1.29 is 22.7 Å². The number of esters is 1. The van der Waals surface area contributed by atoms with Crippen LogP contribution in [0.15, 0.2) is 53.4 Å². The Bertz CT molecular complexity index is 1010. The molecule has 3 rings (SSSR count). The third-order valence-corrected chi connectivity index (χ3v) is 6.74. The first-order chi connectivity index (χ1) is 13.8. The quantitative estimate of drug-likeness (QED) is 0.701. The predicted octanol–water partition coefficient (Wildman–Crippen LogP) is 3.31. The summed E-state index contributed by atoms with van der Waals surface area (Å²) in [5, 5.41) is 3.14. The Morgan fingerprint density at radius 2 is 1.93 bits per heavy atom. The molecule has 0 saturated carbocycles. The molecular formula is C20H21ClN2O5S. The van der Waals surface area contributed by atoms with Crippen molar-refractivity contribution >= 4 is 39.2 Å². The van der Waals surface area contributed by atoms with E-state index in [-0.39, 0.29) is 18.0 Å². The van der Waals surface area contributed by atoms with Gasteiger partial charge in [-0.25, -0.2) is 13.2 Å². The summed E-state index contributed by atoms with van der Waals surface area (Å²) in [7, 11) is -3.83. The second-order valence-corrected chi connectivity index (χ2v) is 8.85. The normalized spacial score (nSPS) is 17.1. The third-order valence-electron chi connectivity index (χ3n) is 4.57. The molecular weight excluding hydrogens is 416 g/mol. The van der Waals surface area contributed by atoms with Crippen LogP contribution in [0.5, 0.6) is 0 Å². The zero-order valence-electron chi connectivity index (χ0n) is 15.8. The molecule has 1 aliphatic rings. The van der Waals surface area contributed by atoms with Crippen LogP contribution >= 0.6 is 11.6 Å². The summed E-state index contributed by atoms with van der Waals surface area (Å²) in [5.41, 5.74) is 0.706. The maximum atomic E-state index is 13.0. The summed E-state index contributed by atoms with van der Waals surface area (Å²) in [6, 6.07) is 11.4. The van der Waals surface area contributed by atoms with Crippen molar-refractivity contribution in [3.8, 4) is 0 Å². The zero-order chi connectivity index (χ0) is 21.0. The van der Waals surface area contributed by atoms with Gasteiger partial charge in [0.2, 0.25) is 15.9 Å². The number of nitrogens with zero attached hydrogens (tertiary/aromatic N) is 1. The van der Waals surface area contributed by atoms with Gasteiger partial charge < -0.3 is 10.1 Å². The van der Waals surface area contributed by atoms with E-state index in [9.17, 15) is 18.0 Å². The highest BCUT2D eigenvalue weighted by atomic mass is 35.5. The fraction of sp³-hybridized carbons (Fsp3) is 0.300. The van der Waals surface area contributed by atoms with Crippen molar-refractivity contribution in [2.75, 3.05) is 18.5 Å². The molecule has 1 heterocycles. The van der Waals surface area contributed by atoms with E-state index in [1.165, 1.54) is 34.6 Å². The molecule has 1 unspecified atom stereocenters. The Hall–Kier alpha value is -2.42. The lowest BCUT2D eigenvalue weighted by molar-refractivity contribution is -0.119. The van der Waals surface area contributed by atoms with Gasteiger partial charge in [0.15, 0.2) is 0 Å². The molecule has 29 heavy (non-hydrogen) atoms. The van der Waals surface area contributed by atoms with Crippen molar-refractivity contribution in [3.63, 3.8) is 0 Å². The van der Waals surface area contributed by atoms with E-state index >= 15 is 0 Å². The summed E-state index contributed by atoms with van der Waals surface area (Å²) >= 11 is 5.84. The number of rotatable bonds is 6. The van der Waals surface area contributed by atoms with Crippen LogP contribution in [0.4, 0.5) is 5.69 Å². The van der Waals surface area contributed by atoms with Gasteiger partial charge in [0.1, 0.15) is 6.04 Å². The van der Waals surface area contributed by atoms with Gasteiger partial charge in [-0.15, -0.1) is 0 Å². The van der Waals surface area contributed by atoms with Gasteiger partial charge in [-0.05, 0) is 62.2 Å². The van der Waals surface area contributed by atoms with Crippen LogP contribution in [0.2, 0.25) is 5.02 Å². The number of halogens is 1. The number of nitrogens with one attached hydrogen (secondary N) is 1. The smallest absolute Gasteiger partial charge is 0.338 e. The van der Waals surface area contributed by atoms with Crippen LogP contribution in [0.1, 0.15) is 30.1 Å². The molecule has 0 bridgehead atoms. The molecule has 1 amide bonds. The van der Waals surface area contributed by atoms with E-state index in [2.05, 4.69) is 5.32 Å². The fourth-order valence-electron chi connectivity index (χ4n) is 3.20. The summed E-state index contributed by atoms with van der Waals surface area (Å²) in [6.45, 7) is 2.21. The highest BCUT2D eigenvalue weighted by Crippen LogP contribution is 2.28. The minimum Gasteiger partial charge on any atom is -0.462 e. The van der Waals surface area contributed by atoms with E-state index in [1.54, 1.807) is 25.1 Å². The highest BCUT2D eigenvalue weighted by molar-refractivity contribution is 7.89. The molecule has 154 valence electrons. The fourth-order valence-corrected chi connectivity index (χ4v) is 4.98. The van der Waals surface area contributed by atoms with Crippen LogP contribution in [-0.2, 0) is 19.6 Å². The van der Waals surface area contributed by atoms with Gasteiger partial charge in [-0.3, -0.25) is 4.79 Å². The largest absolute Gasteiger partial charge is 0.462 e. The molecule has 2 aromatic carbocycles. The monoisotopic (exact) mass is 436 g/mol. The standard InChI is InChI=1S/C20H21ClN2O5S/c1-2-28-20(25)14-5-3-6-16(13-14)22-19(24)18-7-4-12-23(18)29(26,27)17-10-8-15(21)9-11-17/h3,5-6,8-11,13,18H,2,4,7,12H2,1H3,(H,22,24). The van der Waals surface area contributed by atoms with Crippen LogP contribution in [0, 0.1) is 0 Å². The molecule has 9 heteroatoms. The minimum atomic E-state index is -3.83. The highest BCUT2D eigenvalue weighted by Gasteiger charge is 2.39. The Balaban J connectivity index is 1.78. The van der Waals surface area contributed by atoms with Crippen molar-refractivity contribution in [2.24, 2.45) is 0 Å². The summed E-state index contributed by atoms with van der Waals surface area (Å²) in [4.78, 5) is 24.8. The lowest BCUT2D eigenvalue weighted by Crippen LogP contribution is -2.43. The average Bonchev–Trinajstić information content (AvgIpc) is 3.20. The lowest BCUT2D eigenvalue weighted by Gasteiger charge is -2.23. The number of carbonyl (C=O) groups excluding carboxylic acids is 2. The summed E-state index contributed by atoms with van der Waals surface area (Å²) in [5.74, 6) is -0.933. The molecule has 7 nitrogen and oxygen atoms in total. The number of ether oxygens (including phenoxy) is 1. The van der Waals surface area contributed by atoms with E-state index in [0.29, 0.717) is 29.1 Å². The first-order valence-corrected chi connectivity index (χ1v) is 11.0. The number of amides is 1. The molecule has 1 fully saturated rings. The molecule has 1 N–H and O–H groups in total. The zero-order valence-corrected chi connectivity index (χ0v) is 17.4. The van der Waals surface area contributed by atoms with Gasteiger partial charge in [0, 0.05) is 17.3 Å². The van der Waals surface area contributed by atoms with Crippen molar-refractivity contribution in [2.45, 2.75) is 30.7 Å². The van der Waals surface area contributed by atoms with Gasteiger partial charge in [-0.1, -0.05) is 17.7 Å². The number of hydrogen-bond acceptors (Lipinski definition) is 5. The first kappa shape index (κ1) is 21.3. The van der Waals surface area contributed by atoms with Gasteiger partial charge >= 0.3 is 5.97 Å². The number of anilines is 1. The Kier molecular flexibility index (Phi) is 6.56. The molecule has 0 aliphatic carbocycles. The molecule has 1 aliphatic heterocycles. The molecule has 0 radical (unpaired) electrons. The van der Waals surface area contributed by atoms with E-state index in [4.69, 9.17) is 16.3 Å². The topological polar surface area (TPSA) is 92.8 Å². The maximum Gasteiger partial charge on any atom is 0.338 e. The molecule has 0 spiro atoms. The van der Waals surface area contributed by atoms with Crippen LogP contribution in [0.25, 0.3) is 0 Å². The van der Waals surface area contributed by atoms with Crippen molar-refractivity contribution in [3.05, 3.63) is 59.1 Å². The lowest BCUT2D eigenvalue weighted by atomic mass is 10.2. The van der Waals surface area contributed by atoms with E-state index < -0.39 is 27.9 Å². The van der Waals surface area contributed by atoms with E-state index in [0.717, 1.165) is 0 Å². The third kappa shape index (κ3) is 4.77. The average molecular weight is 437 g/mol. The number of benzene rings is 2. The van der Waals surface area contributed by atoms with Gasteiger partial charge in [0.25, 0.3) is 0 Å². The minimum absolute atomic E-state index is 0.0888. The van der Waals surface area contributed by atoms with Crippen LogP contribution in [0.3, 0.4) is 0 Å². The summed E-state index contributed by atoms with van der Waals surface area (Å²) in [6.07, 6.45) is 0.990. The Morgan fingerprint density at radius 3 is 2.62 bits per heavy atom. The SMILES string of the molecule is CCOC(=O)c1cccc(NC(=O)C2CCCN2S(=O)(=O)c2ccc(Cl)cc2)c1. The number of carbonyl (C=O) groups is 2. The van der Waals surface area contributed by atoms with Crippen molar-refractivity contribution in [1.82, 2.24) is 4.31 Å². The first-order valence-electron chi connectivity index (χ1n) is 9.18. The van der Waals surface area contributed by atoms with Gasteiger partial charge in [0.05, 0.1) is 17.1 Å². The molecule has 1 atom stereocenters. The Labute approximate surface area is 174 Å². The second kappa shape index (κ2) is 8.94. The van der Waals surface area contributed by atoms with Crippen molar-refractivity contribution in [1.29, 1.82) is 0 Å². The van der Waals surface area contributed by atoms with E-state index in [1.807, 2.05) is 0 Å². The molecule has 0 aromatic heterocycles.